The van der Waals surface area contributed by atoms with E-state index in [0.717, 1.165) is 30.5 Å². The summed E-state index contributed by atoms with van der Waals surface area (Å²) in [6, 6.07) is 8.04. The van der Waals surface area contributed by atoms with Crippen molar-refractivity contribution in [1.29, 1.82) is 0 Å². The maximum absolute atomic E-state index is 12.6. The Bertz CT molecular complexity index is 702. The maximum atomic E-state index is 12.6. The van der Waals surface area contributed by atoms with Gasteiger partial charge in [-0.05, 0) is 30.9 Å². The Morgan fingerprint density at radius 3 is 2.72 bits per heavy atom. The van der Waals surface area contributed by atoms with E-state index in [1.165, 1.54) is 23.6 Å². The molecule has 1 aliphatic carbocycles. The Hall–Kier alpha value is -1.03. The average Bonchev–Trinajstić information content (AvgIpc) is 3.00. The van der Waals surface area contributed by atoms with Crippen LogP contribution in [-0.4, -0.2) is 39.3 Å². The molecule has 0 spiro atoms. The lowest BCUT2D eigenvalue weighted by Crippen LogP contribution is -2.41. The minimum absolute atomic E-state index is 0. The quantitative estimate of drug-likeness (QED) is 0.386. The standard InChI is InChI=1S/C17H26N4O2S.HI/c18-17(20-15-7-2-1-3-8-15)19-11-13-24(22,23)21-12-10-14-6-4-5-9-16(14)21;/h4-6,9,15H,1-3,7-8,10-13H2,(H3,18,19,20);1H. The van der Waals surface area contributed by atoms with E-state index in [9.17, 15) is 8.42 Å². The van der Waals surface area contributed by atoms with Crippen molar-refractivity contribution < 1.29 is 8.42 Å². The number of hydrogen-bond acceptors (Lipinski definition) is 3. The average molecular weight is 478 g/mol. The molecule has 1 saturated carbocycles. The lowest BCUT2D eigenvalue weighted by atomic mass is 9.96. The Morgan fingerprint density at radius 2 is 1.96 bits per heavy atom. The third kappa shape index (κ3) is 5.22. The molecule has 2 aliphatic rings. The largest absolute Gasteiger partial charge is 0.370 e. The first-order valence-electron chi connectivity index (χ1n) is 8.71. The number of hydrogen-bond donors (Lipinski definition) is 2. The van der Waals surface area contributed by atoms with Crippen LogP contribution < -0.4 is 15.4 Å². The normalized spacial score (nSPS) is 18.6. The molecule has 1 heterocycles. The number of rotatable bonds is 5. The smallest absolute Gasteiger partial charge is 0.237 e. The summed E-state index contributed by atoms with van der Waals surface area (Å²) in [6.07, 6.45) is 6.70. The molecule has 0 atom stereocenters. The van der Waals surface area contributed by atoms with Crippen molar-refractivity contribution in [3.63, 3.8) is 0 Å². The molecule has 140 valence electrons. The number of aliphatic imine (C=N–C) groups is 1. The van der Waals surface area contributed by atoms with Crippen LogP contribution in [0.3, 0.4) is 0 Å². The number of anilines is 1. The SMILES string of the molecule is I.NC(=NCCS(=O)(=O)N1CCc2ccccc21)NC1CCCCC1. The molecule has 0 radical (unpaired) electrons. The second-order valence-electron chi connectivity index (χ2n) is 6.51. The zero-order chi connectivity index (χ0) is 17.0. The number of nitrogens with two attached hydrogens (primary N) is 1. The zero-order valence-corrected chi connectivity index (χ0v) is 17.5. The van der Waals surface area contributed by atoms with E-state index in [0.29, 0.717) is 18.5 Å². The van der Waals surface area contributed by atoms with Gasteiger partial charge in [0.05, 0.1) is 18.0 Å². The molecule has 1 aromatic rings. The number of benzene rings is 1. The predicted octanol–water partition coefficient (Wildman–Crippen LogP) is 2.23. The van der Waals surface area contributed by atoms with E-state index in [1.54, 1.807) is 0 Å². The third-order valence-corrected chi connectivity index (χ3v) is 6.52. The highest BCUT2D eigenvalue weighted by atomic mass is 127. The molecule has 0 bridgehead atoms. The molecule has 1 aromatic carbocycles. The van der Waals surface area contributed by atoms with Gasteiger partial charge in [0.15, 0.2) is 5.96 Å². The summed E-state index contributed by atoms with van der Waals surface area (Å²) < 4.78 is 26.6. The van der Waals surface area contributed by atoms with Crippen LogP contribution in [0.5, 0.6) is 0 Å². The van der Waals surface area contributed by atoms with Crippen molar-refractivity contribution in [3.05, 3.63) is 29.8 Å². The van der Waals surface area contributed by atoms with Gasteiger partial charge in [-0.3, -0.25) is 9.30 Å². The second-order valence-corrected chi connectivity index (χ2v) is 8.53. The number of guanidine groups is 1. The van der Waals surface area contributed by atoms with Gasteiger partial charge in [0.1, 0.15) is 0 Å². The third-order valence-electron chi connectivity index (χ3n) is 4.77. The first kappa shape index (κ1) is 20.3. The molecule has 0 aromatic heterocycles. The molecular weight excluding hydrogens is 451 g/mol. The Labute approximate surface area is 167 Å². The van der Waals surface area contributed by atoms with Crippen molar-refractivity contribution in [2.24, 2.45) is 10.7 Å². The fourth-order valence-electron chi connectivity index (χ4n) is 3.49. The van der Waals surface area contributed by atoms with Gasteiger partial charge in [0.2, 0.25) is 10.0 Å². The zero-order valence-electron chi connectivity index (χ0n) is 14.4. The van der Waals surface area contributed by atoms with Crippen LogP contribution in [0.1, 0.15) is 37.7 Å². The van der Waals surface area contributed by atoms with Crippen LogP contribution in [0.15, 0.2) is 29.3 Å². The summed E-state index contributed by atoms with van der Waals surface area (Å²) in [4.78, 5) is 4.21. The lowest BCUT2D eigenvalue weighted by molar-refractivity contribution is 0.412. The number of halogens is 1. The van der Waals surface area contributed by atoms with Gasteiger partial charge < -0.3 is 11.1 Å². The maximum Gasteiger partial charge on any atom is 0.237 e. The van der Waals surface area contributed by atoms with E-state index < -0.39 is 10.0 Å². The number of nitrogens with zero attached hydrogens (tertiary/aromatic N) is 2. The molecule has 3 N–H and O–H groups in total. The van der Waals surface area contributed by atoms with Crippen LogP contribution in [0, 0.1) is 0 Å². The monoisotopic (exact) mass is 478 g/mol. The molecule has 1 aliphatic heterocycles. The summed E-state index contributed by atoms with van der Waals surface area (Å²) >= 11 is 0. The lowest BCUT2D eigenvalue weighted by Gasteiger charge is -2.23. The Balaban J connectivity index is 0.00000225. The first-order chi connectivity index (χ1) is 11.6. The van der Waals surface area contributed by atoms with Crippen LogP contribution in [0.2, 0.25) is 0 Å². The minimum atomic E-state index is -3.36. The van der Waals surface area contributed by atoms with Gasteiger partial charge in [-0.15, -0.1) is 24.0 Å². The van der Waals surface area contributed by atoms with Crippen LogP contribution in [0.4, 0.5) is 5.69 Å². The molecule has 0 saturated heterocycles. The Morgan fingerprint density at radius 1 is 1.24 bits per heavy atom. The van der Waals surface area contributed by atoms with Crippen molar-refractivity contribution in [3.8, 4) is 0 Å². The topological polar surface area (TPSA) is 87.8 Å². The fraction of sp³-hybridized carbons (Fsp3) is 0.588. The van der Waals surface area contributed by atoms with Gasteiger partial charge in [-0.25, -0.2) is 8.42 Å². The summed E-state index contributed by atoms with van der Waals surface area (Å²) in [7, 11) is -3.36. The molecule has 8 heteroatoms. The first-order valence-corrected chi connectivity index (χ1v) is 10.3. The van der Waals surface area contributed by atoms with E-state index >= 15 is 0 Å². The fourth-order valence-corrected chi connectivity index (χ4v) is 4.88. The molecule has 3 rings (SSSR count). The molecule has 25 heavy (non-hydrogen) atoms. The van der Waals surface area contributed by atoms with Gasteiger partial charge in [0, 0.05) is 12.6 Å². The van der Waals surface area contributed by atoms with E-state index in [-0.39, 0.29) is 36.3 Å². The molecule has 0 unspecified atom stereocenters. The van der Waals surface area contributed by atoms with E-state index in [1.807, 2.05) is 24.3 Å². The highest BCUT2D eigenvalue weighted by Crippen LogP contribution is 2.29. The number of fused-ring (bicyclic) bond motifs is 1. The summed E-state index contributed by atoms with van der Waals surface area (Å²) in [5, 5.41) is 3.21. The molecule has 0 amide bonds. The van der Waals surface area contributed by atoms with Gasteiger partial charge in [0.25, 0.3) is 0 Å². The van der Waals surface area contributed by atoms with E-state index in [2.05, 4.69) is 10.3 Å². The highest BCUT2D eigenvalue weighted by Gasteiger charge is 2.28. The summed E-state index contributed by atoms with van der Waals surface area (Å²) in [5.41, 5.74) is 7.78. The Kier molecular flexibility index (Phi) is 7.36. The predicted molar refractivity (Wildman–Crippen MR) is 113 cm³/mol. The van der Waals surface area contributed by atoms with Crippen molar-refractivity contribution >= 4 is 45.6 Å². The van der Waals surface area contributed by atoms with Crippen LogP contribution in [-0.2, 0) is 16.4 Å². The van der Waals surface area contributed by atoms with Crippen LogP contribution in [0.25, 0.3) is 0 Å². The highest BCUT2D eigenvalue weighted by molar-refractivity contribution is 14.0. The van der Waals surface area contributed by atoms with Crippen molar-refractivity contribution in [2.45, 2.75) is 44.6 Å². The molecule has 1 fully saturated rings. The minimum Gasteiger partial charge on any atom is -0.370 e. The van der Waals surface area contributed by atoms with Crippen molar-refractivity contribution in [2.75, 3.05) is 23.1 Å². The van der Waals surface area contributed by atoms with Crippen molar-refractivity contribution in [1.82, 2.24) is 5.32 Å². The summed E-state index contributed by atoms with van der Waals surface area (Å²) in [6.45, 7) is 0.702. The van der Waals surface area contributed by atoms with Gasteiger partial charge in [-0.2, -0.15) is 0 Å². The van der Waals surface area contributed by atoms with Gasteiger partial charge in [-0.1, -0.05) is 37.5 Å². The number of sulfonamides is 1. The van der Waals surface area contributed by atoms with Crippen LogP contribution >= 0.6 is 24.0 Å². The summed E-state index contributed by atoms with van der Waals surface area (Å²) in [5.74, 6) is 0.341. The second kappa shape index (κ2) is 9.07. The number of nitrogens with one attached hydrogen (secondary N) is 1. The number of para-hydroxylation sites is 1. The van der Waals surface area contributed by atoms with E-state index in [4.69, 9.17) is 5.73 Å². The molecule has 6 nitrogen and oxygen atoms in total. The molecular formula is C17H27IN4O2S. The van der Waals surface area contributed by atoms with Gasteiger partial charge >= 0.3 is 0 Å².